The Morgan fingerprint density at radius 1 is 1.25 bits per heavy atom. The van der Waals surface area contributed by atoms with E-state index in [1.54, 1.807) is 7.11 Å². The summed E-state index contributed by atoms with van der Waals surface area (Å²) in [7, 11) is 1.70. The van der Waals surface area contributed by atoms with Gasteiger partial charge in [0.05, 0.1) is 23.9 Å². The first-order valence-electron chi connectivity index (χ1n) is 6.56. The smallest absolute Gasteiger partial charge is 0.119 e. The van der Waals surface area contributed by atoms with Gasteiger partial charge in [-0.15, -0.1) is 0 Å². The molecule has 0 aromatic heterocycles. The van der Waals surface area contributed by atoms with Gasteiger partial charge in [-0.3, -0.25) is 0 Å². The van der Waals surface area contributed by atoms with E-state index < -0.39 is 0 Å². The third kappa shape index (κ3) is 2.74. The maximum atomic E-state index is 6.30. The van der Waals surface area contributed by atoms with Crippen molar-refractivity contribution in [1.82, 2.24) is 0 Å². The van der Waals surface area contributed by atoms with E-state index in [1.165, 1.54) is 11.1 Å². The molecule has 104 valence electrons. The van der Waals surface area contributed by atoms with Crippen molar-refractivity contribution in [2.24, 2.45) is 0 Å². The predicted molar refractivity (Wildman–Crippen MR) is 91.8 cm³/mol. The van der Waals surface area contributed by atoms with E-state index in [2.05, 4.69) is 46.1 Å². The van der Waals surface area contributed by atoms with Gasteiger partial charge in [0.25, 0.3) is 0 Å². The molecule has 1 unspecified atom stereocenters. The fraction of sp³-hybridized carbons (Fsp3) is 0.250. The van der Waals surface area contributed by atoms with Crippen LogP contribution < -0.4 is 10.1 Å². The molecule has 0 spiro atoms. The summed E-state index contributed by atoms with van der Waals surface area (Å²) >= 11 is 8.57. The summed E-state index contributed by atoms with van der Waals surface area (Å²) in [5.74, 6) is 0.908. The Balaban J connectivity index is 1.87. The molecule has 3 rings (SSSR count). The minimum Gasteiger partial charge on any atom is -0.497 e. The van der Waals surface area contributed by atoms with Crippen LogP contribution in [0.2, 0.25) is 5.02 Å². The fourth-order valence-electron chi connectivity index (χ4n) is 2.65. The number of methoxy groups -OCH3 is 1. The molecule has 20 heavy (non-hydrogen) atoms. The molecule has 1 aliphatic rings. The van der Waals surface area contributed by atoms with Crippen LogP contribution >= 0.6 is 34.2 Å². The van der Waals surface area contributed by atoms with Crippen molar-refractivity contribution < 1.29 is 4.74 Å². The van der Waals surface area contributed by atoms with Gasteiger partial charge in [0.1, 0.15) is 5.75 Å². The molecule has 0 amide bonds. The van der Waals surface area contributed by atoms with E-state index in [-0.39, 0.29) is 0 Å². The number of ether oxygens (including phenoxy) is 1. The van der Waals surface area contributed by atoms with Crippen molar-refractivity contribution in [3.05, 3.63) is 56.1 Å². The molecule has 1 atom stereocenters. The molecule has 1 N–H and O–H groups in total. The number of anilines is 1. The molecule has 2 aromatic rings. The number of hydrogen-bond donors (Lipinski definition) is 1. The van der Waals surface area contributed by atoms with Crippen LogP contribution in [0.1, 0.15) is 23.6 Å². The zero-order chi connectivity index (χ0) is 14.1. The van der Waals surface area contributed by atoms with E-state index in [1.807, 2.05) is 18.2 Å². The number of nitrogens with one attached hydrogen (secondary N) is 1. The maximum Gasteiger partial charge on any atom is 0.119 e. The molecular weight excluding hydrogens is 385 g/mol. The van der Waals surface area contributed by atoms with Crippen LogP contribution in [0.15, 0.2) is 36.4 Å². The van der Waals surface area contributed by atoms with Gasteiger partial charge in [0.15, 0.2) is 0 Å². The lowest BCUT2D eigenvalue weighted by atomic mass is 10.1. The Kier molecular flexibility index (Phi) is 4.08. The third-order valence-corrected chi connectivity index (χ3v) is 4.68. The highest BCUT2D eigenvalue weighted by molar-refractivity contribution is 14.1. The second-order valence-corrected chi connectivity index (χ2v) is 6.58. The second kappa shape index (κ2) is 5.82. The van der Waals surface area contributed by atoms with E-state index in [0.29, 0.717) is 6.04 Å². The van der Waals surface area contributed by atoms with Gasteiger partial charge in [-0.25, -0.2) is 0 Å². The minimum atomic E-state index is 0.303. The number of benzene rings is 2. The lowest BCUT2D eigenvalue weighted by Crippen LogP contribution is -2.07. The van der Waals surface area contributed by atoms with Gasteiger partial charge in [-0.1, -0.05) is 17.7 Å². The molecule has 0 bridgehead atoms. The maximum absolute atomic E-state index is 6.30. The lowest BCUT2D eigenvalue weighted by Gasteiger charge is -2.17. The first kappa shape index (κ1) is 14.0. The van der Waals surface area contributed by atoms with E-state index in [9.17, 15) is 0 Å². The summed E-state index contributed by atoms with van der Waals surface area (Å²) in [6, 6.07) is 12.7. The third-order valence-electron chi connectivity index (χ3n) is 3.69. The monoisotopic (exact) mass is 399 g/mol. The highest BCUT2D eigenvalue weighted by Crippen LogP contribution is 2.37. The Labute approximate surface area is 137 Å². The van der Waals surface area contributed by atoms with Gasteiger partial charge in [0.2, 0.25) is 0 Å². The van der Waals surface area contributed by atoms with Crippen LogP contribution in [0.5, 0.6) is 5.75 Å². The number of fused-ring (bicyclic) bond motifs is 1. The van der Waals surface area contributed by atoms with Gasteiger partial charge in [-0.2, -0.15) is 0 Å². The van der Waals surface area contributed by atoms with Crippen LogP contribution in [-0.4, -0.2) is 7.11 Å². The zero-order valence-electron chi connectivity index (χ0n) is 11.1. The standard InChI is InChI=1S/C16H15ClINO/c1-20-12-5-2-10-3-6-15(13(10)9-12)19-16-7-4-11(18)8-14(16)17/h2,4-5,7-9,15,19H,3,6H2,1H3. The molecule has 0 aliphatic heterocycles. The molecule has 0 fully saturated rings. The largest absolute Gasteiger partial charge is 0.497 e. The summed E-state index contributed by atoms with van der Waals surface area (Å²) in [6.45, 7) is 0. The van der Waals surface area contributed by atoms with Crippen molar-refractivity contribution in [2.75, 3.05) is 12.4 Å². The summed E-state index contributed by atoms with van der Waals surface area (Å²) in [5.41, 5.74) is 3.71. The van der Waals surface area contributed by atoms with Crippen LogP contribution in [0.4, 0.5) is 5.69 Å². The van der Waals surface area contributed by atoms with Gasteiger partial charge < -0.3 is 10.1 Å². The second-order valence-electron chi connectivity index (χ2n) is 4.92. The van der Waals surface area contributed by atoms with Crippen molar-refractivity contribution >= 4 is 39.9 Å². The normalized spacial score (nSPS) is 16.9. The molecule has 0 saturated heterocycles. The summed E-state index contributed by atoms with van der Waals surface area (Å²) < 4.78 is 6.47. The van der Waals surface area contributed by atoms with E-state index in [4.69, 9.17) is 16.3 Å². The Morgan fingerprint density at radius 3 is 2.85 bits per heavy atom. The first-order valence-corrected chi connectivity index (χ1v) is 8.01. The van der Waals surface area contributed by atoms with Gasteiger partial charge in [0, 0.05) is 3.57 Å². The van der Waals surface area contributed by atoms with Crippen LogP contribution in [0, 0.1) is 3.57 Å². The average molecular weight is 400 g/mol. The number of hydrogen-bond acceptors (Lipinski definition) is 2. The Bertz CT molecular complexity index is 644. The summed E-state index contributed by atoms with van der Waals surface area (Å²) in [6.07, 6.45) is 2.18. The molecule has 0 heterocycles. The summed E-state index contributed by atoms with van der Waals surface area (Å²) in [5, 5.41) is 4.32. The van der Waals surface area contributed by atoms with Crippen molar-refractivity contribution in [3.63, 3.8) is 0 Å². The highest BCUT2D eigenvalue weighted by atomic mass is 127. The number of rotatable bonds is 3. The molecule has 4 heteroatoms. The van der Waals surface area contributed by atoms with Crippen molar-refractivity contribution in [1.29, 1.82) is 0 Å². The van der Waals surface area contributed by atoms with Gasteiger partial charge >= 0.3 is 0 Å². The average Bonchev–Trinajstić information content (AvgIpc) is 2.84. The molecule has 1 aliphatic carbocycles. The lowest BCUT2D eigenvalue weighted by molar-refractivity contribution is 0.414. The number of aryl methyl sites for hydroxylation is 1. The molecule has 0 saturated carbocycles. The topological polar surface area (TPSA) is 21.3 Å². The first-order chi connectivity index (χ1) is 9.67. The Hall–Kier alpha value is -0.940. The van der Waals surface area contributed by atoms with Crippen LogP contribution in [-0.2, 0) is 6.42 Å². The van der Waals surface area contributed by atoms with Crippen LogP contribution in [0.25, 0.3) is 0 Å². The molecule has 0 radical (unpaired) electrons. The summed E-state index contributed by atoms with van der Waals surface area (Å²) in [4.78, 5) is 0. The number of halogens is 2. The zero-order valence-corrected chi connectivity index (χ0v) is 14.0. The molecule has 2 nitrogen and oxygen atoms in total. The van der Waals surface area contributed by atoms with Crippen LogP contribution in [0.3, 0.4) is 0 Å². The Morgan fingerprint density at radius 2 is 2.10 bits per heavy atom. The minimum absolute atomic E-state index is 0.303. The predicted octanol–water partition coefficient (Wildman–Crippen LogP) is 5.05. The quantitative estimate of drug-likeness (QED) is 0.729. The van der Waals surface area contributed by atoms with E-state index >= 15 is 0 Å². The highest BCUT2D eigenvalue weighted by Gasteiger charge is 2.23. The van der Waals surface area contributed by atoms with E-state index in [0.717, 1.165) is 32.9 Å². The van der Waals surface area contributed by atoms with Crippen molar-refractivity contribution in [3.8, 4) is 5.75 Å². The molecule has 2 aromatic carbocycles. The van der Waals surface area contributed by atoms with Crippen molar-refractivity contribution in [2.45, 2.75) is 18.9 Å². The fourth-order valence-corrected chi connectivity index (χ4v) is 3.56. The molecular formula is C16H15ClINO. The van der Waals surface area contributed by atoms with Gasteiger partial charge in [-0.05, 0) is 76.9 Å². The SMILES string of the molecule is COc1ccc2c(c1)C(Nc1ccc(I)cc1Cl)CC2.